The molecule has 3 rings (SSSR count). The lowest BCUT2D eigenvalue weighted by Crippen LogP contribution is -2.10. The third kappa shape index (κ3) is 2.86. The molecule has 0 saturated heterocycles. The molecule has 0 radical (unpaired) electrons. The third-order valence-corrected chi connectivity index (χ3v) is 4.23. The number of benzene rings is 1. The zero-order chi connectivity index (χ0) is 16.9. The molecule has 0 atom stereocenters. The molecule has 3 nitrogen and oxygen atoms in total. The number of hydrogen-bond acceptors (Lipinski definition) is 2. The quantitative estimate of drug-likeness (QED) is 0.508. The van der Waals surface area contributed by atoms with Crippen LogP contribution >= 0.6 is 34.8 Å². The van der Waals surface area contributed by atoms with Crippen molar-refractivity contribution in [3.63, 3.8) is 0 Å². The van der Waals surface area contributed by atoms with Crippen molar-refractivity contribution < 1.29 is 13.2 Å². The van der Waals surface area contributed by atoms with E-state index in [2.05, 4.69) is 10.1 Å². The highest BCUT2D eigenvalue weighted by Gasteiger charge is 2.34. The van der Waals surface area contributed by atoms with Gasteiger partial charge < -0.3 is 0 Å². The van der Waals surface area contributed by atoms with Crippen LogP contribution in [-0.4, -0.2) is 14.6 Å². The van der Waals surface area contributed by atoms with Gasteiger partial charge in [0.15, 0.2) is 5.65 Å². The van der Waals surface area contributed by atoms with Gasteiger partial charge in [0.05, 0.1) is 15.7 Å². The third-order valence-electron chi connectivity index (χ3n) is 3.22. The first-order valence-corrected chi connectivity index (χ1v) is 7.40. The summed E-state index contributed by atoms with van der Waals surface area (Å²) in [6.45, 7) is 1.65. The highest BCUT2D eigenvalue weighted by atomic mass is 35.5. The summed E-state index contributed by atoms with van der Waals surface area (Å²) in [6.07, 6.45) is -4.61. The number of nitrogens with zero attached hydrogens (tertiary/aromatic N) is 3. The number of alkyl halides is 3. The van der Waals surface area contributed by atoms with Crippen LogP contribution < -0.4 is 0 Å². The molecule has 2 heterocycles. The Labute approximate surface area is 143 Å². The molecule has 0 bridgehead atoms. The molecule has 0 N–H and O–H groups in total. The van der Waals surface area contributed by atoms with E-state index < -0.39 is 11.9 Å². The maximum Gasteiger partial charge on any atom is 0.433 e. The van der Waals surface area contributed by atoms with E-state index in [1.165, 1.54) is 0 Å². The first-order valence-electron chi connectivity index (χ1n) is 6.27. The molecule has 120 valence electrons. The van der Waals surface area contributed by atoms with Gasteiger partial charge in [0.1, 0.15) is 10.8 Å². The van der Waals surface area contributed by atoms with Crippen molar-refractivity contribution in [1.29, 1.82) is 0 Å². The number of aryl methyl sites for hydroxylation is 1. The lowest BCUT2D eigenvalue weighted by molar-refractivity contribution is -0.141. The van der Waals surface area contributed by atoms with Crippen LogP contribution in [0, 0.1) is 6.92 Å². The summed E-state index contributed by atoms with van der Waals surface area (Å²) in [5, 5.41) is 4.58. The number of halogens is 6. The molecular weight excluding hydrogens is 374 g/mol. The van der Waals surface area contributed by atoms with Gasteiger partial charge in [-0.3, -0.25) is 0 Å². The maximum absolute atomic E-state index is 13.0. The van der Waals surface area contributed by atoms with Gasteiger partial charge in [-0.05, 0) is 24.6 Å². The van der Waals surface area contributed by atoms with Crippen LogP contribution in [0.5, 0.6) is 0 Å². The second kappa shape index (κ2) is 5.54. The van der Waals surface area contributed by atoms with E-state index in [1.807, 2.05) is 0 Å². The van der Waals surface area contributed by atoms with Crippen LogP contribution in [0.25, 0.3) is 16.8 Å². The van der Waals surface area contributed by atoms with Gasteiger partial charge in [-0.2, -0.15) is 18.3 Å². The Morgan fingerprint density at radius 1 is 1.04 bits per heavy atom. The highest BCUT2D eigenvalue weighted by Crippen LogP contribution is 2.35. The van der Waals surface area contributed by atoms with E-state index in [4.69, 9.17) is 34.8 Å². The average molecular weight is 381 g/mol. The first kappa shape index (κ1) is 16.4. The molecule has 0 aliphatic carbocycles. The Hall–Kier alpha value is -1.50. The Bertz CT molecular complexity index is 919. The molecular formula is C14H7Cl3F3N3. The smallest absolute Gasteiger partial charge is 0.223 e. The fourth-order valence-corrected chi connectivity index (χ4v) is 2.74. The molecule has 0 fully saturated rings. The fraction of sp³-hybridized carbons (Fsp3) is 0.143. The molecule has 2 aromatic heterocycles. The van der Waals surface area contributed by atoms with Crippen molar-refractivity contribution in [1.82, 2.24) is 14.6 Å². The topological polar surface area (TPSA) is 30.2 Å². The second-order valence-electron chi connectivity index (χ2n) is 4.79. The van der Waals surface area contributed by atoms with E-state index in [1.54, 1.807) is 25.1 Å². The minimum atomic E-state index is -4.61. The predicted molar refractivity (Wildman–Crippen MR) is 83.2 cm³/mol. The maximum atomic E-state index is 13.0. The van der Waals surface area contributed by atoms with E-state index in [0.717, 1.165) is 10.6 Å². The monoisotopic (exact) mass is 379 g/mol. The average Bonchev–Trinajstić information content (AvgIpc) is 2.78. The lowest BCUT2D eigenvalue weighted by atomic mass is 10.1. The Kier molecular flexibility index (Phi) is 3.94. The lowest BCUT2D eigenvalue weighted by Gasteiger charge is -2.08. The summed E-state index contributed by atoms with van der Waals surface area (Å²) >= 11 is 17.8. The fourth-order valence-electron chi connectivity index (χ4n) is 2.22. The predicted octanol–water partition coefficient (Wildman–Crippen LogP) is 5.68. The summed E-state index contributed by atoms with van der Waals surface area (Å²) in [5.74, 6) is 0. The van der Waals surface area contributed by atoms with Crippen molar-refractivity contribution in [3.05, 3.63) is 50.9 Å². The molecule has 0 amide bonds. The van der Waals surface area contributed by atoms with Crippen LogP contribution in [0.2, 0.25) is 15.2 Å². The van der Waals surface area contributed by atoms with E-state index >= 15 is 0 Å². The number of fused-ring (bicyclic) bond motifs is 1. The summed E-state index contributed by atoms with van der Waals surface area (Å²) in [6, 6.07) is 5.47. The minimum Gasteiger partial charge on any atom is -0.223 e. The SMILES string of the molecule is Cc1nn2c(Cl)cc(C(F)(F)F)nc2c1-c1ccc(Cl)c(Cl)c1. The van der Waals surface area contributed by atoms with Crippen LogP contribution in [0.1, 0.15) is 11.4 Å². The molecule has 0 spiro atoms. The van der Waals surface area contributed by atoms with Crippen LogP contribution in [-0.2, 0) is 6.18 Å². The van der Waals surface area contributed by atoms with Gasteiger partial charge in [0.2, 0.25) is 0 Å². The highest BCUT2D eigenvalue weighted by molar-refractivity contribution is 6.42. The van der Waals surface area contributed by atoms with Crippen molar-refractivity contribution in [2.45, 2.75) is 13.1 Å². The van der Waals surface area contributed by atoms with Crippen molar-refractivity contribution >= 4 is 40.4 Å². The Balaban J connectivity index is 2.34. The molecule has 3 aromatic rings. The summed E-state index contributed by atoms with van der Waals surface area (Å²) in [7, 11) is 0. The molecule has 9 heteroatoms. The number of aromatic nitrogens is 3. The molecule has 0 aliphatic rings. The van der Waals surface area contributed by atoms with Crippen molar-refractivity contribution in [2.24, 2.45) is 0 Å². The van der Waals surface area contributed by atoms with Gasteiger partial charge in [-0.15, -0.1) is 0 Å². The standard InChI is InChI=1S/C14H7Cl3F3N3/c1-6-12(7-2-3-8(15)9(16)4-7)13-21-10(14(18,19)20)5-11(17)23(13)22-6/h2-5H,1H3. The van der Waals surface area contributed by atoms with E-state index in [0.29, 0.717) is 21.8 Å². The van der Waals surface area contributed by atoms with Crippen LogP contribution in [0.4, 0.5) is 13.2 Å². The number of rotatable bonds is 1. The summed E-state index contributed by atoms with van der Waals surface area (Å²) in [4.78, 5) is 3.67. The largest absolute Gasteiger partial charge is 0.433 e. The molecule has 0 unspecified atom stereocenters. The van der Waals surface area contributed by atoms with Crippen molar-refractivity contribution in [3.8, 4) is 11.1 Å². The first-order chi connectivity index (χ1) is 10.7. The van der Waals surface area contributed by atoms with Gasteiger partial charge in [0, 0.05) is 11.6 Å². The molecule has 0 saturated carbocycles. The van der Waals surface area contributed by atoms with Crippen LogP contribution in [0.3, 0.4) is 0 Å². The zero-order valence-electron chi connectivity index (χ0n) is 11.4. The number of hydrogen-bond donors (Lipinski definition) is 0. The Morgan fingerprint density at radius 3 is 2.35 bits per heavy atom. The zero-order valence-corrected chi connectivity index (χ0v) is 13.7. The van der Waals surface area contributed by atoms with E-state index in [-0.39, 0.29) is 15.8 Å². The second-order valence-corrected chi connectivity index (χ2v) is 5.99. The van der Waals surface area contributed by atoms with Gasteiger partial charge >= 0.3 is 6.18 Å². The van der Waals surface area contributed by atoms with Crippen molar-refractivity contribution in [2.75, 3.05) is 0 Å². The van der Waals surface area contributed by atoms with Gasteiger partial charge in [0.25, 0.3) is 0 Å². The molecule has 1 aromatic carbocycles. The normalized spacial score (nSPS) is 12.1. The molecule has 0 aliphatic heterocycles. The Morgan fingerprint density at radius 2 is 1.74 bits per heavy atom. The van der Waals surface area contributed by atoms with Crippen LogP contribution in [0.15, 0.2) is 24.3 Å². The molecule has 23 heavy (non-hydrogen) atoms. The van der Waals surface area contributed by atoms with Gasteiger partial charge in [-0.25, -0.2) is 9.50 Å². The minimum absolute atomic E-state index is 0.000661. The summed E-state index contributed by atoms with van der Waals surface area (Å²) in [5.41, 5.74) is 0.348. The summed E-state index contributed by atoms with van der Waals surface area (Å²) < 4.78 is 40.0. The van der Waals surface area contributed by atoms with Gasteiger partial charge in [-0.1, -0.05) is 40.9 Å². The van der Waals surface area contributed by atoms with E-state index in [9.17, 15) is 13.2 Å².